The second kappa shape index (κ2) is 6.28. The van der Waals surface area contributed by atoms with E-state index in [9.17, 15) is 9.59 Å². The lowest BCUT2D eigenvalue weighted by Crippen LogP contribution is -2.27. The smallest absolute Gasteiger partial charge is 0.276 e. The summed E-state index contributed by atoms with van der Waals surface area (Å²) in [5.41, 5.74) is 2.78. The fourth-order valence-corrected chi connectivity index (χ4v) is 3.08. The van der Waals surface area contributed by atoms with Crippen LogP contribution in [-0.2, 0) is 4.79 Å². The van der Waals surface area contributed by atoms with Crippen molar-refractivity contribution >= 4 is 40.5 Å². The molecule has 2 heterocycles. The normalized spacial score (nSPS) is 13.4. The van der Waals surface area contributed by atoms with Crippen molar-refractivity contribution in [2.45, 2.75) is 33.2 Å². The molecule has 1 aromatic carbocycles. The van der Waals surface area contributed by atoms with Crippen molar-refractivity contribution in [2.75, 3.05) is 16.1 Å². The molecule has 0 bridgehead atoms. The molecule has 0 saturated heterocycles. The molecule has 2 amide bonds. The standard InChI is InChI=1S/C17H19ClN4O2/c1-10(2)22-16-15(11(3)20-22)21(14(23)8-9-18)13-7-5-4-6-12(13)19-17(16)24/h4-7,10H,8-9H2,1-3H3,(H,19,24). The molecule has 1 aliphatic rings. The maximum absolute atomic E-state index is 12.8. The number of fused-ring (bicyclic) bond motifs is 2. The Labute approximate surface area is 145 Å². The third-order valence-electron chi connectivity index (χ3n) is 3.93. The SMILES string of the molecule is Cc1nn(C(C)C)c2c1N(C(=O)CCCl)c1ccccc1NC2=O. The van der Waals surface area contributed by atoms with E-state index in [2.05, 4.69) is 10.4 Å². The zero-order valence-electron chi connectivity index (χ0n) is 13.8. The van der Waals surface area contributed by atoms with E-state index in [4.69, 9.17) is 11.6 Å². The number of para-hydroxylation sites is 2. The van der Waals surface area contributed by atoms with Gasteiger partial charge in [0.25, 0.3) is 5.91 Å². The molecular formula is C17H19ClN4O2. The summed E-state index contributed by atoms with van der Waals surface area (Å²) in [6.07, 6.45) is 0.176. The van der Waals surface area contributed by atoms with Crippen LogP contribution >= 0.6 is 11.6 Å². The number of carbonyl (C=O) groups is 2. The minimum Gasteiger partial charge on any atom is -0.319 e. The number of hydrogen-bond donors (Lipinski definition) is 1. The first kappa shape index (κ1) is 16.5. The van der Waals surface area contributed by atoms with Crippen molar-refractivity contribution in [3.05, 3.63) is 35.7 Å². The largest absolute Gasteiger partial charge is 0.319 e. The molecule has 0 spiro atoms. The van der Waals surface area contributed by atoms with Gasteiger partial charge in [-0.3, -0.25) is 19.2 Å². The monoisotopic (exact) mass is 346 g/mol. The van der Waals surface area contributed by atoms with Crippen LogP contribution in [0.2, 0.25) is 0 Å². The lowest BCUT2D eigenvalue weighted by molar-refractivity contribution is -0.117. The average molecular weight is 347 g/mol. The maximum atomic E-state index is 12.8. The molecular weight excluding hydrogens is 328 g/mol. The molecule has 3 rings (SSSR count). The van der Waals surface area contributed by atoms with Gasteiger partial charge in [-0.25, -0.2) is 0 Å². The number of hydrogen-bond acceptors (Lipinski definition) is 3. The van der Waals surface area contributed by atoms with E-state index in [0.717, 1.165) is 0 Å². The Morgan fingerprint density at radius 2 is 2.04 bits per heavy atom. The summed E-state index contributed by atoms with van der Waals surface area (Å²) in [7, 11) is 0. The number of carbonyl (C=O) groups excluding carboxylic acids is 2. The molecule has 0 unspecified atom stereocenters. The number of aromatic nitrogens is 2. The van der Waals surface area contributed by atoms with E-state index in [-0.39, 0.29) is 30.2 Å². The van der Waals surface area contributed by atoms with E-state index < -0.39 is 0 Å². The number of rotatable bonds is 3. The van der Waals surface area contributed by atoms with Gasteiger partial charge in [-0.05, 0) is 32.9 Å². The van der Waals surface area contributed by atoms with Gasteiger partial charge in [-0.1, -0.05) is 12.1 Å². The average Bonchev–Trinajstić information content (AvgIpc) is 2.81. The minimum absolute atomic E-state index is 0.00982. The third-order valence-corrected chi connectivity index (χ3v) is 4.12. The fourth-order valence-electron chi connectivity index (χ4n) is 2.92. The predicted molar refractivity (Wildman–Crippen MR) is 94.2 cm³/mol. The number of aryl methyl sites for hydroxylation is 1. The van der Waals surface area contributed by atoms with Crippen molar-refractivity contribution in [3.63, 3.8) is 0 Å². The number of nitrogens with one attached hydrogen (secondary N) is 1. The van der Waals surface area contributed by atoms with Gasteiger partial charge >= 0.3 is 0 Å². The number of anilines is 3. The highest BCUT2D eigenvalue weighted by Crippen LogP contribution is 2.40. The quantitative estimate of drug-likeness (QED) is 0.863. The van der Waals surface area contributed by atoms with Crippen LogP contribution in [-0.4, -0.2) is 27.5 Å². The van der Waals surface area contributed by atoms with Crippen molar-refractivity contribution in [2.24, 2.45) is 0 Å². The molecule has 0 aliphatic carbocycles. The summed E-state index contributed by atoms with van der Waals surface area (Å²) in [4.78, 5) is 27.1. The molecule has 24 heavy (non-hydrogen) atoms. The van der Waals surface area contributed by atoms with E-state index in [1.54, 1.807) is 22.6 Å². The van der Waals surface area contributed by atoms with Crippen LogP contribution in [0.4, 0.5) is 17.1 Å². The lowest BCUT2D eigenvalue weighted by atomic mass is 10.2. The summed E-state index contributed by atoms with van der Waals surface area (Å²) in [5, 5.41) is 7.37. The van der Waals surface area contributed by atoms with E-state index in [1.807, 2.05) is 32.0 Å². The summed E-state index contributed by atoms with van der Waals surface area (Å²) in [6.45, 7) is 5.70. The van der Waals surface area contributed by atoms with E-state index >= 15 is 0 Å². The van der Waals surface area contributed by atoms with Gasteiger partial charge in [-0.15, -0.1) is 11.6 Å². The van der Waals surface area contributed by atoms with Gasteiger partial charge in [0.1, 0.15) is 5.69 Å². The first-order valence-electron chi connectivity index (χ1n) is 7.84. The number of halogens is 1. The van der Waals surface area contributed by atoms with Gasteiger partial charge in [0.05, 0.1) is 17.1 Å². The number of nitrogens with zero attached hydrogens (tertiary/aromatic N) is 3. The van der Waals surface area contributed by atoms with Gasteiger partial charge in [0.2, 0.25) is 5.91 Å². The van der Waals surface area contributed by atoms with E-state index in [1.165, 1.54) is 0 Å². The zero-order chi connectivity index (χ0) is 17.4. The molecule has 6 nitrogen and oxygen atoms in total. The Morgan fingerprint density at radius 3 is 2.71 bits per heavy atom. The molecule has 0 saturated carbocycles. The summed E-state index contributed by atoms with van der Waals surface area (Å²) in [6, 6.07) is 7.23. The molecule has 1 aliphatic heterocycles. The lowest BCUT2D eigenvalue weighted by Gasteiger charge is -2.22. The van der Waals surface area contributed by atoms with Crippen LogP contribution in [0.25, 0.3) is 0 Å². The highest BCUT2D eigenvalue weighted by atomic mass is 35.5. The molecule has 1 N–H and O–H groups in total. The highest BCUT2D eigenvalue weighted by Gasteiger charge is 2.34. The third kappa shape index (κ3) is 2.57. The van der Waals surface area contributed by atoms with Gasteiger partial charge in [-0.2, -0.15) is 5.10 Å². The van der Waals surface area contributed by atoms with Crippen LogP contribution in [0.15, 0.2) is 24.3 Å². The Morgan fingerprint density at radius 1 is 1.33 bits per heavy atom. The molecule has 0 fully saturated rings. The highest BCUT2D eigenvalue weighted by molar-refractivity contribution is 6.21. The Bertz CT molecular complexity index is 813. The van der Waals surface area contributed by atoms with E-state index in [0.29, 0.717) is 28.5 Å². The molecule has 0 radical (unpaired) electrons. The van der Waals surface area contributed by atoms with Crippen LogP contribution in [0.5, 0.6) is 0 Å². The van der Waals surface area contributed by atoms with Gasteiger partial charge in [0.15, 0.2) is 5.69 Å². The van der Waals surface area contributed by atoms with Gasteiger partial charge < -0.3 is 5.32 Å². The second-order valence-electron chi connectivity index (χ2n) is 5.96. The molecule has 7 heteroatoms. The zero-order valence-corrected chi connectivity index (χ0v) is 14.6. The number of benzene rings is 1. The fraction of sp³-hybridized carbons (Fsp3) is 0.353. The summed E-state index contributed by atoms with van der Waals surface area (Å²) < 4.78 is 1.66. The molecule has 0 atom stereocenters. The Hall–Kier alpha value is -2.34. The van der Waals surface area contributed by atoms with Crippen molar-refractivity contribution in [1.29, 1.82) is 0 Å². The summed E-state index contributed by atoms with van der Waals surface area (Å²) >= 11 is 5.78. The number of amides is 2. The molecule has 1 aromatic heterocycles. The van der Waals surface area contributed by atoms with Crippen molar-refractivity contribution in [1.82, 2.24) is 9.78 Å². The van der Waals surface area contributed by atoms with Crippen LogP contribution in [0.3, 0.4) is 0 Å². The van der Waals surface area contributed by atoms with Gasteiger partial charge in [0, 0.05) is 18.3 Å². The first-order chi connectivity index (χ1) is 11.5. The van der Waals surface area contributed by atoms with Crippen molar-refractivity contribution < 1.29 is 9.59 Å². The summed E-state index contributed by atoms with van der Waals surface area (Å²) in [5.74, 6) is -0.222. The Balaban J connectivity index is 2.30. The maximum Gasteiger partial charge on any atom is 0.276 e. The minimum atomic E-state index is -0.270. The van der Waals surface area contributed by atoms with Crippen molar-refractivity contribution in [3.8, 4) is 0 Å². The molecule has 126 valence electrons. The second-order valence-corrected chi connectivity index (χ2v) is 6.34. The Kier molecular flexibility index (Phi) is 4.32. The molecule has 2 aromatic rings. The first-order valence-corrected chi connectivity index (χ1v) is 8.37. The van der Waals surface area contributed by atoms with Crippen LogP contribution in [0, 0.1) is 6.92 Å². The topological polar surface area (TPSA) is 67.2 Å². The predicted octanol–water partition coefficient (Wildman–Crippen LogP) is 3.63. The van der Waals surface area contributed by atoms with Crippen LogP contribution in [0.1, 0.15) is 42.5 Å². The number of alkyl halides is 1. The van der Waals surface area contributed by atoms with Crippen LogP contribution < -0.4 is 10.2 Å².